The highest BCUT2D eigenvalue weighted by atomic mass is 32.2. The first-order chi connectivity index (χ1) is 5.43. The highest BCUT2D eigenvalue weighted by Gasteiger charge is 2.17. The Morgan fingerprint density at radius 1 is 1.25 bits per heavy atom. The van der Waals surface area contributed by atoms with E-state index in [1.165, 1.54) is 6.92 Å². The zero-order valence-corrected chi connectivity index (χ0v) is 8.04. The maximum atomic E-state index is 10.9. The van der Waals surface area contributed by atoms with Crippen LogP contribution in [-0.2, 0) is 24.7 Å². The summed E-state index contributed by atoms with van der Waals surface area (Å²) in [6.45, 7) is 4.65. The molecular formula is C6H12O5S. The Hall–Kier alpha value is -0.620. The summed E-state index contributed by atoms with van der Waals surface area (Å²) < 4.78 is 28.9. The Kier molecular flexibility index (Phi) is 4.84. The van der Waals surface area contributed by atoms with Crippen molar-refractivity contribution in [3.8, 4) is 0 Å². The molecule has 0 spiro atoms. The Balaban J connectivity index is 3.93. The van der Waals surface area contributed by atoms with Crippen molar-refractivity contribution in [3.63, 3.8) is 0 Å². The lowest BCUT2D eigenvalue weighted by molar-refractivity contribution is -0.154. The molecule has 0 aliphatic heterocycles. The van der Waals surface area contributed by atoms with Crippen LogP contribution >= 0.6 is 0 Å². The second-order valence-corrected chi connectivity index (χ2v) is 3.11. The van der Waals surface area contributed by atoms with Gasteiger partial charge in [-0.05, 0) is 20.8 Å². The van der Waals surface area contributed by atoms with Crippen molar-refractivity contribution in [1.29, 1.82) is 0 Å². The molecule has 5 nitrogen and oxygen atoms in total. The molecule has 6 heteroatoms. The van der Waals surface area contributed by atoms with Gasteiger partial charge in [0, 0.05) is 0 Å². The number of hydrogen-bond acceptors (Lipinski definition) is 5. The molecule has 0 bridgehead atoms. The van der Waals surface area contributed by atoms with Crippen molar-refractivity contribution in [2.24, 2.45) is 0 Å². The molecule has 0 fully saturated rings. The van der Waals surface area contributed by atoms with Crippen LogP contribution in [0, 0.1) is 0 Å². The van der Waals surface area contributed by atoms with E-state index in [-0.39, 0.29) is 6.10 Å². The van der Waals surface area contributed by atoms with E-state index in [9.17, 15) is 13.2 Å². The maximum absolute atomic E-state index is 10.9. The average Bonchev–Trinajstić information content (AvgIpc) is 1.84. The van der Waals surface area contributed by atoms with Crippen LogP contribution in [0.1, 0.15) is 20.8 Å². The third-order valence-corrected chi connectivity index (χ3v) is 1.42. The highest BCUT2D eigenvalue weighted by molar-refractivity contribution is 7.67. The molecule has 1 atom stereocenters. The fraction of sp³-hybridized carbons (Fsp3) is 0.833. The molecule has 0 aliphatic carbocycles. The van der Waals surface area contributed by atoms with E-state index >= 15 is 0 Å². The van der Waals surface area contributed by atoms with Gasteiger partial charge in [0.25, 0.3) is 11.0 Å². The number of esters is 1. The Morgan fingerprint density at radius 2 is 1.75 bits per heavy atom. The topological polar surface area (TPSA) is 69.7 Å². The molecule has 0 rings (SSSR count). The zero-order chi connectivity index (χ0) is 9.72. The van der Waals surface area contributed by atoms with Gasteiger partial charge in [0.2, 0.25) is 0 Å². The van der Waals surface area contributed by atoms with E-state index in [0.717, 1.165) is 0 Å². The van der Waals surface area contributed by atoms with Gasteiger partial charge in [-0.2, -0.15) is 0 Å². The van der Waals surface area contributed by atoms with Gasteiger partial charge < -0.3 is 4.74 Å². The van der Waals surface area contributed by atoms with Crippen LogP contribution in [0.3, 0.4) is 0 Å². The second kappa shape index (κ2) is 5.10. The molecule has 0 saturated carbocycles. The van der Waals surface area contributed by atoms with Crippen molar-refractivity contribution < 1.29 is 22.1 Å². The van der Waals surface area contributed by atoms with Gasteiger partial charge in [0.1, 0.15) is 0 Å². The highest BCUT2D eigenvalue weighted by Crippen LogP contribution is 1.97. The van der Waals surface area contributed by atoms with Gasteiger partial charge in [-0.25, -0.2) is 13.2 Å². The molecule has 0 saturated heterocycles. The normalized spacial score (nSPS) is 13.4. The SMILES string of the molecule is CC(C)OC(=O)C(C)O[SH](=O)=O. The predicted octanol–water partition coefficient (Wildman–Crippen LogP) is -0.130. The fourth-order valence-corrected chi connectivity index (χ4v) is 0.845. The number of hydrogen-bond donors (Lipinski definition) is 1. The number of carbonyl (C=O) groups excluding carboxylic acids is 1. The standard InChI is InChI=1S/C6H12O5S/c1-4(2)10-6(7)5(3)11-12(8)9/h4-5,12H,1-3H3. The van der Waals surface area contributed by atoms with Gasteiger partial charge in [-0.1, -0.05) is 0 Å². The van der Waals surface area contributed by atoms with Gasteiger partial charge in [-0.15, -0.1) is 0 Å². The monoisotopic (exact) mass is 196 g/mol. The summed E-state index contributed by atoms with van der Waals surface area (Å²) in [5.41, 5.74) is 0. The molecule has 0 radical (unpaired) electrons. The molecule has 0 aromatic rings. The summed E-state index contributed by atoms with van der Waals surface area (Å²) in [5, 5.41) is 0. The van der Waals surface area contributed by atoms with Crippen LogP contribution < -0.4 is 0 Å². The average molecular weight is 196 g/mol. The first kappa shape index (κ1) is 11.4. The number of rotatable bonds is 4. The number of ether oxygens (including phenoxy) is 1. The maximum Gasteiger partial charge on any atom is 0.336 e. The predicted molar refractivity (Wildman–Crippen MR) is 42.1 cm³/mol. The molecule has 72 valence electrons. The van der Waals surface area contributed by atoms with E-state index in [2.05, 4.69) is 8.92 Å². The molecular weight excluding hydrogens is 184 g/mol. The van der Waals surface area contributed by atoms with E-state index in [0.29, 0.717) is 0 Å². The third-order valence-electron chi connectivity index (χ3n) is 0.928. The van der Waals surface area contributed by atoms with Crippen LogP contribution in [0.15, 0.2) is 0 Å². The van der Waals surface area contributed by atoms with Crippen molar-refractivity contribution >= 4 is 17.0 Å². The summed E-state index contributed by atoms with van der Waals surface area (Å²) in [5.74, 6) is -0.677. The molecule has 0 amide bonds. The van der Waals surface area contributed by atoms with Gasteiger partial charge >= 0.3 is 5.97 Å². The molecule has 0 aromatic carbocycles. The summed E-state index contributed by atoms with van der Waals surface area (Å²) in [4.78, 5) is 10.9. The minimum absolute atomic E-state index is 0.270. The van der Waals surface area contributed by atoms with Crippen LogP contribution in [0.2, 0.25) is 0 Å². The molecule has 12 heavy (non-hydrogen) atoms. The minimum Gasteiger partial charge on any atom is -0.461 e. The lowest BCUT2D eigenvalue weighted by atomic mass is 10.4. The van der Waals surface area contributed by atoms with Gasteiger partial charge in [-0.3, -0.25) is 4.18 Å². The largest absolute Gasteiger partial charge is 0.461 e. The molecule has 0 heterocycles. The van der Waals surface area contributed by atoms with Crippen LogP contribution in [0.5, 0.6) is 0 Å². The first-order valence-corrected chi connectivity index (χ1v) is 4.54. The third kappa shape index (κ3) is 5.09. The summed E-state index contributed by atoms with van der Waals surface area (Å²) >= 11 is 0. The van der Waals surface area contributed by atoms with Gasteiger partial charge in [0.05, 0.1) is 6.10 Å². The Labute approximate surface area is 72.8 Å². The van der Waals surface area contributed by atoms with Crippen LogP contribution in [-0.4, -0.2) is 26.6 Å². The van der Waals surface area contributed by atoms with E-state index in [1.54, 1.807) is 13.8 Å². The lowest BCUT2D eigenvalue weighted by Crippen LogP contribution is -2.25. The van der Waals surface area contributed by atoms with Crippen LogP contribution in [0.4, 0.5) is 0 Å². The number of thiol groups is 1. The fourth-order valence-electron chi connectivity index (χ4n) is 0.500. The second-order valence-electron chi connectivity index (χ2n) is 2.46. The summed E-state index contributed by atoms with van der Waals surface area (Å²) in [6.07, 6.45) is -1.33. The molecule has 0 aromatic heterocycles. The smallest absolute Gasteiger partial charge is 0.336 e. The Morgan fingerprint density at radius 3 is 2.08 bits per heavy atom. The zero-order valence-electron chi connectivity index (χ0n) is 7.14. The van der Waals surface area contributed by atoms with E-state index in [1.807, 2.05) is 0 Å². The molecule has 0 N–H and O–H groups in total. The minimum atomic E-state index is -3.00. The Bertz CT molecular complexity index is 212. The summed E-state index contributed by atoms with van der Waals surface area (Å²) in [7, 11) is -3.00. The quantitative estimate of drug-likeness (QED) is 0.501. The number of carbonyl (C=O) groups is 1. The van der Waals surface area contributed by atoms with Crippen LogP contribution in [0.25, 0.3) is 0 Å². The molecule has 0 aliphatic rings. The van der Waals surface area contributed by atoms with E-state index in [4.69, 9.17) is 0 Å². The van der Waals surface area contributed by atoms with Crippen molar-refractivity contribution in [1.82, 2.24) is 0 Å². The lowest BCUT2D eigenvalue weighted by Gasteiger charge is -2.10. The summed E-state index contributed by atoms with van der Waals surface area (Å²) in [6, 6.07) is 0. The van der Waals surface area contributed by atoms with Gasteiger partial charge in [0.15, 0.2) is 6.10 Å². The van der Waals surface area contributed by atoms with Crippen molar-refractivity contribution in [3.05, 3.63) is 0 Å². The van der Waals surface area contributed by atoms with E-state index < -0.39 is 23.1 Å². The first-order valence-electron chi connectivity index (χ1n) is 3.45. The van der Waals surface area contributed by atoms with Crippen molar-refractivity contribution in [2.75, 3.05) is 0 Å². The van der Waals surface area contributed by atoms with Crippen molar-refractivity contribution in [2.45, 2.75) is 33.0 Å². The molecule has 1 unspecified atom stereocenters.